The number of halogens is 1. The molecule has 1 unspecified atom stereocenters. The molecule has 0 aliphatic carbocycles. The smallest absolute Gasteiger partial charge is 0.306 e. The van der Waals surface area contributed by atoms with Gasteiger partial charge in [0.05, 0.1) is 5.92 Å². The molecule has 4 nitrogen and oxygen atoms in total. The van der Waals surface area contributed by atoms with Gasteiger partial charge in [0.15, 0.2) is 0 Å². The molecule has 2 heterocycles. The van der Waals surface area contributed by atoms with E-state index < -0.39 is 5.97 Å². The van der Waals surface area contributed by atoms with Gasteiger partial charge in [-0.1, -0.05) is 6.92 Å². The summed E-state index contributed by atoms with van der Waals surface area (Å²) in [5, 5.41) is 8.90. The Morgan fingerprint density at radius 3 is 3.07 bits per heavy atom. The van der Waals surface area contributed by atoms with Gasteiger partial charge in [-0.15, -0.1) is 12.4 Å². The number of nitrogens with zero attached hydrogens (tertiary/aromatic N) is 2. The van der Waals surface area contributed by atoms with Crippen molar-refractivity contribution in [1.29, 1.82) is 0 Å². The first-order valence-corrected chi connectivity index (χ1v) is 4.98. The molecule has 0 spiro atoms. The number of aliphatic carboxylic acids is 1. The molecule has 5 heteroatoms. The minimum Gasteiger partial charge on any atom is -0.481 e. The van der Waals surface area contributed by atoms with Crippen molar-refractivity contribution in [2.45, 2.75) is 32.7 Å². The molecule has 1 aliphatic rings. The van der Waals surface area contributed by atoms with E-state index in [4.69, 9.17) is 5.11 Å². The largest absolute Gasteiger partial charge is 0.481 e. The molecule has 0 fully saturated rings. The molecule has 1 aromatic heterocycles. The van der Waals surface area contributed by atoms with E-state index in [0.717, 1.165) is 30.9 Å². The van der Waals surface area contributed by atoms with Crippen molar-refractivity contribution in [3.63, 3.8) is 0 Å². The van der Waals surface area contributed by atoms with E-state index in [0.29, 0.717) is 6.42 Å². The molecule has 0 saturated carbocycles. The first-order valence-electron chi connectivity index (χ1n) is 4.98. The normalized spacial score (nSPS) is 19.1. The summed E-state index contributed by atoms with van der Waals surface area (Å²) < 4.78 is 2.15. The van der Waals surface area contributed by atoms with Gasteiger partial charge in [0.25, 0.3) is 0 Å². The van der Waals surface area contributed by atoms with Gasteiger partial charge in [-0.3, -0.25) is 4.79 Å². The second kappa shape index (κ2) is 4.66. The van der Waals surface area contributed by atoms with Crippen molar-refractivity contribution < 1.29 is 9.90 Å². The molecule has 1 atom stereocenters. The summed E-state index contributed by atoms with van der Waals surface area (Å²) in [5.74, 6) is 0.170. The maximum Gasteiger partial charge on any atom is 0.306 e. The number of aryl methyl sites for hydroxylation is 1. The molecule has 0 amide bonds. The Labute approximate surface area is 94.7 Å². The van der Waals surface area contributed by atoms with Crippen molar-refractivity contribution in [3.05, 3.63) is 17.7 Å². The van der Waals surface area contributed by atoms with Gasteiger partial charge >= 0.3 is 5.97 Å². The molecule has 15 heavy (non-hydrogen) atoms. The number of fused-ring (bicyclic) bond motifs is 1. The monoisotopic (exact) mass is 230 g/mol. The Kier molecular flexibility index (Phi) is 3.74. The molecule has 0 bridgehead atoms. The van der Waals surface area contributed by atoms with E-state index in [1.165, 1.54) is 0 Å². The van der Waals surface area contributed by atoms with Crippen molar-refractivity contribution in [2.75, 3.05) is 0 Å². The third-order valence-electron chi connectivity index (χ3n) is 2.84. The van der Waals surface area contributed by atoms with E-state index in [1.54, 1.807) is 0 Å². The number of carboxylic acids is 1. The quantitative estimate of drug-likeness (QED) is 0.838. The summed E-state index contributed by atoms with van der Waals surface area (Å²) >= 11 is 0. The second-order valence-corrected chi connectivity index (χ2v) is 3.70. The molecule has 0 radical (unpaired) electrons. The topological polar surface area (TPSA) is 55.1 Å². The molecule has 1 aliphatic heterocycles. The van der Waals surface area contributed by atoms with Crippen molar-refractivity contribution >= 4 is 18.4 Å². The lowest BCUT2D eigenvalue weighted by molar-refractivity contribution is -0.142. The predicted octanol–water partition coefficient (Wildman–Crippen LogP) is 1.51. The fourth-order valence-corrected chi connectivity index (χ4v) is 2.02. The number of hydrogen-bond acceptors (Lipinski definition) is 2. The van der Waals surface area contributed by atoms with Gasteiger partial charge < -0.3 is 9.67 Å². The number of aromatic nitrogens is 2. The SMILES string of the molecule is CCc1ncc2n1CCC(C(=O)O)C2.Cl. The van der Waals surface area contributed by atoms with Gasteiger partial charge in [0, 0.05) is 31.3 Å². The van der Waals surface area contributed by atoms with Crippen LogP contribution in [0.2, 0.25) is 0 Å². The Bertz CT molecular complexity index is 362. The molecule has 1 aromatic rings. The summed E-state index contributed by atoms with van der Waals surface area (Å²) in [6.45, 7) is 2.87. The van der Waals surface area contributed by atoms with E-state index in [-0.39, 0.29) is 18.3 Å². The average Bonchev–Trinajstić information content (AvgIpc) is 2.59. The van der Waals surface area contributed by atoms with Gasteiger partial charge in [-0.05, 0) is 6.42 Å². The van der Waals surface area contributed by atoms with Crippen molar-refractivity contribution in [3.8, 4) is 0 Å². The summed E-state index contributed by atoms with van der Waals surface area (Å²) in [4.78, 5) is 15.1. The Morgan fingerprint density at radius 1 is 1.73 bits per heavy atom. The molecule has 84 valence electrons. The van der Waals surface area contributed by atoms with E-state index >= 15 is 0 Å². The van der Waals surface area contributed by atoms with Crippen LogP contribution in [0.1, 0.15) is 24.9 Å². The van der Waals surface area contributed by atoms with Crippen molar-refractivity contribution in [1.82, 2.24) is 9.55 Å². The van der Waals surface area contributed by atoms with Crippen molar-refractivity contribution in [2.24, 2.45) is 5.92 Å². The van der Waals surface area contributed by atoms with Gasteiger partial charge in [0.2, 0.25) is 0 Å². The third-order valence-corrected chi connectivity index (χ3v) is 2.84. The van der Waals surface area contributed by atoms with E-state index in [1.807, 2.05) is 6.20 Å². The van der Waals surface area contributed by atoms with Crippen LogP contribution < -0.4 is 0 Å². The fourth-order valence-electron chi connectivity index (χ4n) is 2.02. The Morgan fingerprint density at radius 2 is 2.47 bits per heavy atom. The van der Waals surface area contributed by atoms with Crippen LogP contribution in [0.5, 0.6) is 0 Å². The highest BCUT2D eigenvalue weighted by Gasteiger charge is 2.25. The average molecular weight is 231 g/mol. The highest BCUT2D eigenvalue weighted by molar-refractivity contribution is 5.85. The molecule has 0 aromatic carbocycles. The van der Waals surface area contributed by atoms with Crippen LogP contribution in [0.25, 0.3) is 0 Å². The zero-order valence-electron chi connectivity index (χ0n) is 8.64. The number of rotatable bonds is 2. The predicted molar refractivity (Wildman–Crippen MR) is 58.3 cm³/mol. The summed E-state index contributed by atoms with van der Waals surface area (Å²) in [6, 6.07) is 0. The lowest BCUT2D eigenvalue weighted by Crippen LogP contribution is -2.25. The Balaban J connectivity index is 0.00000112. The van der Waals surface area contributed by atoms with Crippen LogP contribution in [-0.2, 0) is 24.2 Å². The number of hydrogen-bond donors (Lipinski definition) is 1. The summed E-state index contributed by atoms with van der Waals surface area (Å²) in [5.41, 5.74) is 1.07. The summed E-state index contributed by atoms with van der Waals surface area (Å²) in [6.07, 6.45) is 4.08. The van der Waals surface area contributed by atoms with Gasteiger partial charge in [-0.25, -0.2) is 4.98 Å². The second-order valence-electron chi connectivity index (χ2n) is 3.70. The Hall–Kier alpha value is -1.03. The molecular weight excluding hydrogens is 216 g/mol. The zero-order valence-corrected chi connectivity index (χ0v) is 9.46. The van der Waals surface area contributed by atoms with Crippen LogP contribution in [0.15, 0.2) is 6.20 Å². The highest BCUT2D eigenvalue weighted by atomic mass is 35.5. The maximum absolute atomic E-state index is 10.8. The molecule has 1 N–H and O–H groups in total. The first kappa shape index (κ1) is 12.0. The molecular formula is C10H15ClN2O2. The third kappa shape index (κ3) is 2.15. The lowest BCUT2D eigenvalue weighted by atomic mass is 9.96. The van der Waals surface area contributed by atoms with Crippen LogP contribution >= 0.6 is 12.4 Å². The molecule has 2 rings (SSSR count). The van der Waals surface area contributed by atoms with Crippen LogP contribution in [0.3, 0.4) is 0 Å². The van der Waals surface area contributed by atoms with Crippen LogP contribution in [0.4, 0.5) is 0 Å². The van der Waals surface area contributed by atoms with Crippen LogP contribution in [-0.4, -0.2) is 20.6 Å². The van der Waals surface area contributed by atoms with Gasteiger partial charge in [-0.2, -0.15) is 0 Å². The zero-order chi connectivity index (χ0) is 10.1. The number of carbonyl (C=O) groups is 1. The fraction of sp³-hybridized carbons (Fsp3) is 0.600. The first-order chi connectivity index (χ1) is 6.72. The highest BCUT2D eigenvalue weighted by Crippen LogP contribution is 2.22. The maximum atomic E-state index is 10.8. The lowest BCUT2D eigenvalue weighted by Gasteiger charge is -2.21. The van der Waals surface area contributed by atoms with E-state index in [9.17, 15) is 4.79 Å². The van der Waals surface area contributed by atoms with E-state index in [2.05, 4.69) is 16.5 Å². The molecule has 0 saturated heterocycles. The minimum absolute atomic E-state index is 0. The number of carboxylic acid groups (broad SMARTS) is 1. The number of imidazole rings is 1. The minimum atomic E-state index is -0.685. The van der Waals surface area contributed by atoms with Crippen LogP contribution in [0, 0.1) is 5.92 Å². The summed E-state index contributed by atoms with van der Waals surface area (Å²) in [7, 11) is 0. The standard InChI is InChI=1S/C10H14N2O2.ClH/c1-2-9-11-6-8-5-7(10(13)14)3-4-12(8)9;/h6-7H,2-5H2,1H3,(H,13,14);1H. The van der Waals surface area contributed by atoms with Gasteiger partial charge in [0.1, 0.15) is 5.82 Å².